The summed E-state index contributed by atoms with van der Waals surface area (Å²) in [6.07, 6.45) is 0.760. The van der Waals surface area contributed by atoms with Crippen LogP contribution in [0.1, 0.15) is 24.8 Å². The predicted octanol–water partition coefficient (Wildman–Crippen LogP) is 1.36. The number of likely N-dealkylation sites (tertiary alicyclic amines) is 1. The van der Waals surface area contributed by atoms with Gasteiger partial charge in [-0.2, -0.15) is 0 Å². The Morgan fingerprint density at radius 3 is 2.89 bits per heavy atom. The SMILES string of the molecule is CC1CN(C(=O)C2CCOc3ccccc32)CC1N. The maximum absolute atomic E-state index is 12.7. The van der Waals surface area contributed by atoms with E-state index < -0.39 is 0 Å². The van der Waals surface area contributed by atoms with Gasteiger partial charge in [0.05, 0.1) is 12.5 Å². The lowest BCUT2D eigenvalue weighted by Crippen LogP contribution is -2.37. The van der Waals surface area contributed by atoms with Gasteiger partial charge in [0.25, 0.3) is 0 Å². The largest absolute Gasteiger partial charge is 0.493 e. The van der Waals surface area contributed by atoms with Crippen molar-refractivity contribution in [3.8, 4) is 5.75 Å². The summed E-state index contributed by atoms with van der Waals surface area (Å²) in [5, 5.41) is 0. The Balaban J connectivity index is 1.82. The normalized spacial score (nSPS) is 29.8. The van der Waals surface area contributed by atoms with Gasteiger partial charge in [0.2, 0.25) is 5.91 Å². The summed E-state index contributed by atoms with van der Waals surface area (Å²) in [6.45, 7) is 4.18. The van der Waals surface area contributed by atoms with Crippen LogP contribution in [0.15, 0.2) is 24.3 Å². The molecule has 3 rings (SSSR count). The number of fused-ring (bicyclic) bond motifs is 1. The number of para-hydroxylation sites is 1. The second kappa shape index (κ2) is 4.85. The molecule has 2 aliphatic rings. The molecule has 1 aromatic carbocycles. The van der Waals surface area contributed by atoms with Gasteiger partial charge < -0.3 is 15.4 Å². The van der Waals surface area contributed by atoms with Gasteiger partial charge in [-0.05, 0) is 18.4 Å². The van der Waals surface area contributed by atoms with Crippen molar-refractivity contribution in [3.05, 3.63) is 29.8 Å². The number of benzene rings is 1. The average molecular weight is 260 g/mol. The second-order valence-electron chi connectivity index (χ2n) is 5.61. The zero-order valence-corrected chi connectivity index (χ0v) is 11.2. The molecule has 2 heterocycles. The summed E-state index contributed by atoms with van der Waals surface area (Å²) >= 11 is 0. The Morgan fingerprint density at radius 2 is 2.16 bits per heavy atom. The van der Waals surface area contributed by atoms with Crippen LogP contribution in [0.2, 0.25) is 0 Å². The van der Waals surface area contributed by atoms with E-state index in [-0.39, 0.29) is 17.9 Å². The molecule has 0 saturated carbocycles. The van der Waals surface area contributed by atoms with E-state index in [4.69, 9.17) is 10.5 Å². The van der Waals surface area contributed by atoms with E-state index in [0.717, 1.165) is 24.3 Å². The summed E-state index contributed by atoms with van der Waals surface area (Å²) in [7, 11) is 0. The topological polar surface area (TPSA) is 55.6 Å². The monoisotopic (exact) mass is 260 g/mol. The van der Waals surface area contributed by atoms with E-state index in [9.17, 15) is 4.79 Å². The number of rotatable bonds is 1. The Bertz CT molecular complexity index is 479. The van der Waals surface area contributed by atoms with Crippen LogP contribution >= 0.6 is 0 Å². The summed E-state index contributed by atoms with van der Waals surface area (Å²) in [4.78, 5) is 14.6. The molecule has 102 valence electrons. The molecule has 1 fully saturated rings. The van der Waals surface area contributed by atoms with Gasteiger partial charge in [0.15, 0.2) is 0 Å². The number of nitrogens with two attached hydrogens (primary N) is 1. The number of carbonyl (C=O) groups excluding carboxylic acids is 1. The van der Waals surface area contributed by atoms with Gasteiger partial charge in [-0.3, -0.25) is 4.79 Å². The molecule has 4 heteroatoms. The molecule has 0 bridgehead atoms. The molecular formula is C15H20N2O2. The molecule has 0 aliphatic carbocycles. The van der Waals surface area contributed by atoms with Crippen molar-refractivity contribution in [1.29, 1.82) is 0 Å². The zero-order valence-electron chi connectivity index (χ0n) is 11.2. The Hall–Kier alpha value is -1.55. The van der Waals surface area contributed by atoms with E-state index in [0.29, 0.717) is 19.1 Å². The summed E-state index contributed by atoms with van der Waals surface area (Å²) in [5.41, 5.74) is 7.03. The van der Waals surface area contributed by atoms with Crippen LogP contribution in [0.3, 0.4) is 0 Å². The first kappa shape index (κ1) is 12.5. The van der Waals surface area contributed by atoms with Crippen LogP contribution in [-0.4, -0.2) is 36.5 Å². The van der Waals surface area contributed by atoms with Crippen molar-refractivity contribution in [2.75, 3.05) is 19.7 Å². The number of carbonyl (C=O) groups is 1. The minimum atomic E-state index is -0.0672. The third kappa shape index (κ3) is 2.21. The molecule has 1 aromatic rings. The van der Waals surface area contributed by atoms with E-state index in [2.05, 4.69) is 6.92 Å². The molecule has 0 radical (unpaired) electrons. The van der Waals surface area contributed by atoms with Gasteiger partial charge in [0, 0.05) is 24.7 Å². The molecule has 0 spiro atoms. The molecule has 19 heavy (non-hydrogen) atoms. The highest BCUT2D eigenvalue weighted by molar-refractivity contribution is 5.85. The summed E-state index contributed by atoms with van der Waals surface area (Å²) < 4.78 is 5.61. The van der Waals surface area contributed by atoms with Crippen LogP contribution in [0, 0.1) is 5.92 Å². The lowest BCUT2D eigenvalue weighted by molar-refractivity contribution is -0.132. The van der Waals surface area contributed by atoms with Gasteiger partial charge in [0.1, 0.15) is 5.75 Å². The first-order chi connectivity index (χ1) is 9.16. The highest BCUT2D eigenvalue weighted by Crippen LogP contribution is 2.35. The summed E-state index contributed by atoms with van der Waals surface area (Å²) in [6, 6.07) is 7.95. The van der Waals surface area contributed by atoms with Gasteiger partial charge in [-0.15, -0.1) is 0 Å². The van der Waals surface area contributed by atoms with Crippen molar-refractivity contribution in [3.63, 3.8) is 0 Å². The molecule has 1 saturated heterocycles. The van der Waals surface area contributed by atoms with E-state index in [1.165, 1.54) is 0 Å². The van der Waals surface area contributed by atoms with Crippen molar-refractivity contribution >= 4 is 5.91 Å². The lowest BCUT2D eigenvalue weighted by Gasteiger charge is -2.28. The van der Waals surface area contributed by atoms with Crippen LogP contribution in [0.4, 0.5) is 0 Å². The fourth-order valence-corrected chi connectivity index (χ4v) is 2.99. The van der Waals surface area contributed by atoms with Crippen LogP contribution in [-0.2, 0) is 4.79 Å². The van der Waals surface area contributed by atoms with E-state index >= 15 is 0 Å². The molecule has 4 nitrogen and oxygen atoms in total. The first-order valence-corrected chi connectivity index (χ1v) is 6.93. The number of ether oxygens (including phenoxy) is 1. The number of hydrogen-bond acceptors (Lipinski definition) is 3. The van der Waals surface area contributed by atoms with Crippen molar-refractivity contribution < 1.29 is 9.53 Å². The van der Waals surface area contributed by atoms with Crippen molar-refractivity contribution in [2.24, 2.45) is 11.7 Å². The molecule has 3 unspecified atom stereocenters. The average Bonchev–Trinajstić information content (AvgIpc) is 2.77. The molecule has 3 atom stereocenters. The highest BCUT2D eigenvalue weighted by atomic mass is 16.5. The van der Waals surface area contributed by atoms with Gasteiger partial charge in [-0.25, -0.2) is 0 Å². The summed E-state index contributed by atoms with van der Waals surface area (Å²) in [5.74, 6) is 1.38. The first-order valence-electron chi connectivity index (χ1n) is 6.93. The molecule has 1 amide bonds. The van der Waals surface area contributed by atoms with Crippen LogP contribution in [0.5, 0.6) is 5.75 Å². The predicted molar refractivity (Wildman–Crippen MR) is 73.0 cm³/mol. The highest BCUT2D eigenvalue weighted by Gasteiger charge is 2.36. The van der Waals surface area contributed by atoms with Crippen molar-refractivity contribution in [2.45, 2.75) is 25.3 Å². The van der Waals surface area contributed by atoms with Gasteiger partial charge >= 0.3 is 0 Å². The van der Waals surface area contributed by atoms with Crippen LogP contribution in [0.25, 0.3) is 0 Å². The minimum Gasteiger partial charge on any atom is -0.493 e. The zero-order chi connectivity index (χ0) is 13.4. The number of nitrogens with zero attached hydrogens (tertiary/aromatic N) is 1. The maximum atomic E-state index is 12.7. The smallest absolute Gasteiger partial charge is 0.230 e. The number of amides is 1. The Morgan fingerprint density at radius 1 is 1.37 bits per heavy atom. The Labute approximate surface area is 113 Å². The third-order valence-corrected chi connectivity index (χ3v) is 4.24. The van der Waals surface area contributed by atoms with E-state index in [1.54, 1.807) is 0 Å². The fraction of sp³-hybridized carbons (Fsp3) is 0.533. The molecular weight excluding hydrogens is 240 g/mol. The standard InChI is InChI=1S/C15H20N2O2/c1-10-8-17(9-13(10)16)15(18)12-6-7-19-14-5-3-2-4-11(12)14/h2-5,10,12-13H,6-9,16H2,1H3. The lowest BCUT2D eigenvalue weighted by atomic mass is 9.92. The van der Waals surface area contributed by atoms with Crippen molar-refractivity contribution in [1.82, 2.24) is 4.90 Å². The Kier molecular flexibility index (Phi) is 3.19. The minimum absolute atomic E-state index is 0.0672. The van der Waals surface area contributed by atoms with Gasteiger partial charge in [-0.1, -0.05) is 25.1 Å². The number of hydrogen-bond donors (Lipinski definition) is 1. The quantitative estimate of drug-likeness (QED) is 0.829. The fourth-order valence-electron chi connectivity index (χ4n) is 2.99. The molecule has 2 aliphatic heterocycles. The van der Waals surface area contributed by atoms with E-state index in [1.807, 2.05) is 29.2 Å². The second-order valence-corrected chi connectivity index (χ2v) is 5.61. The van der Waals surface area contributed by atoms with Crippen LogP contribution < -0.4 is 10.5 Å². The third-order valence-electron chi connectivity index (χ3n) is 4.24. The maximum Gasteiger partial charge on any atom is 0.230 e. The molecule has 2 N–H and O–H groups in total. The molecule has 0 aromatic heterocycles.